The molecule has 1 atom stereocenters. The number of nitrogens with one attached hydrogen (secondary N) is 1. The Morgan fingerprint density at radius 2 is 1.43 bits per heavy atom. The predicted octanol–water partition coefficient (Wildman–Crippen LogP) is 2.71. The molecule has 30 heavy (non-hydrogen) atoms. The van der Waals surface area contributed by atoms with Gasteiger partial charge in [0.15, 0.2) is 0 Å². The molecule has 6 nitrogen and oxygen atoms in total. The van der Waals surface area contributed by atoms with Crippen LogP contribution in [0, 0.1) is 17.8 Å². The third-order valence-electron chi connectivity index (χ3n) is 8.15. The number of hydrogen-bond donors (Lipinski definition) is 1. The van der Waals surface area contributed by atoms with Gasteiger partial charge in [-0.2, -0.15) is 0 Å². The van der Waals surface area contributed by atoms with Crippen molar-refractivity contribution in [1.29, 1.82) is 0 Å². The summed E-state index contributed by atoms with van der Waals surface area (Å²) in [6.07, 6.45) is 7.97. The number of amides is 2. The monoisotopic (exact) mass is 409 g/mol. The highest BCUT2D eigenvalue weighted by Gasteiger charge is 2.53. The summed E-state index contributed by atoms with van der Waals surface area (Å²) in [6.45, 7) is 3.22. The van der Waals surface area contributed by atoms with E-state index in [4.69, 9.17) is 4.74 Å². The lowest BCUT2D eigenvalue weighted by Gasteiger charge is -2.57. The molecular formula is C24H31N3O3. The number of benzene rings is 1. The summed E-state index contributed by atoms with van der Waals surface area (Å²) in [7, 11) is 0. The van der Waals surface area contributed by atoms with Crippen molar-refractivity contribution in [2.45, 2.75) is 56.5 Å². The number of rotatable bonds is 4. The summed E-state index contributed by atoms with van der Waals surface area (Å²) in [4.78, 5) is 29.7. The van der Waals surface area contributed by atoms with Crippen molar-refractivity contribution in [3.05, 3.63) is 24.3 Å². The van der Waals surface area contributed by atoms with Gasteiger partial charge in [-0.05, 0) is 80.5 Å². The van der Waals surface area contributed by atoms with Gasteiger partial charge in [0.25, 0.3) is 5.91 Å². The van der Waals surface area contributed by atoms with E-state index in [2.05, 4.69) is 10.2 Å². The van der Waals surface area contributed by atoms with Gasteiger partial charge in [0.1, 0.15) is 0 Å². The van der Waals surface area contributed by atoms with Crippen LogP contribution in [0.4, 0.5) is 11.4 Å². The van der Waals surface area contributed by atoms with Crippen molar-refractivity contribution >= 4 is 23.2 Å². The smallest absolute Gasteiger partial charge is 0.251 e. The molecule has 1 aromatic carbocycles. The van der Waals surface area contributed by atoms with E-state index in [1.807, 2.05) is 24.3 Å². The number of morpholine rings is 1. The molecule has 7 rings (SSSR count). The van der Waals surface area contributed by atoms with Crippen LogP contribution in [0.3, 0.4) is 0 Å². The number of hydrogen-bond acceptors (Lipinski definition) is 5. The first-order valence-electron chi connectivity index (χ1n) is 11.7. The lowest BCUT2D eigenvalue weighted by molar-refractivity contribution is -0.122. The van der Waals surface area contributed by atoms with E-state index < -0.39 is 0 Å². The molecule has 1 N–H and O–H groups in total. The highest BCUT2D eigenvalue weighted by Crippen LogP contribution is 2.56. The molecule has 4 bridgehead atoms. The van der Waals surface area contributed by atoms with E-state index in [0.717, 1.165) is 49.7 Å². The third kappa shape index (κ3) is 3.16. The van der Waals surface area contributed by atoms with Gasteiger partial charge in [0.2, 0.25) is 5.91 Å². The van der Waals surface area contributed by atoms with Crippen LogP contribution < -0.4 is 15.1 Å². The normalized spacial score (nSPS) is 38.0. The SMILES string of the molecule is O=C1C[C@@H](NC23CC4CC(CC(C4)C2)C3)C(=O)N1c1ccc(N2CCOCC2)cc1. The third-order valence-corrected chi connectivity index (χ3v) is 8.15. The molecule has 2 saturated heterocycles. The van der Waals surface area contributed by atoms with Gasteiger partial charge in [0, 0.05) is 24.3 Å². The average molecular weight is 410 g/mol. The van der Waals surface area contributed by atoms with Crippen molar-refractivity contribution in [2.75, 3.05) is 36.1 Å². The molecule has 0 radical (unpaired) electrons. The molecule has 160 valence electrons. The molecule has 0 aromatic heterocycles. The number of ether oxygens (including phenoxy) is 1. The maximum absolute atomic E-state index is 13.2. The molecule has 0 unspecified atom stereocenters. The van der Waals surface area contributed by atoms with Crippen LogP contribution in [-0.4, -0.2) is 49.7 Å². The Kier molecular flexibility index (Phi) is 4.43. The molecule has 6 fully saturated rings. The maximum Gasteiger partial charge on any atom is 0.251 e. The molecule has 1 aromatic rings. The second-order valence-electron chi connectivity index (χ2n) is 10.3. The van der Waals surface area contributed by atoms with Crippen molar-refractivity contribution in [3.8, 4) is 0 Å². The minimum Gasteiger partial charge on any atom is -0.378 e. The van der Waals surface area contributed by atoms with E-state index in [-0.39, 0.29) is 29.8 Å². The van der Waals surface area contributed by atoms with E-state index in [1.54, 1.807) is 0 Å². The fraction of sp³-hybridized carbons (Fsp3) is 0.667. The Morgan fingerprint density at radius 3 is 2.03 bits per heavy atom. The van der Waals surface area contributed by atoms with E-state index in [1.165, 1.54) is 43.4 Å². The second kappa shape index (κ2) is 7.06. The fourth-order valence-electron chi connectivity index (χ4n) is 7.31. The largest absolute Gasteiger partial charge is 0.378 e. The molecular weight excluding hydrogens is 378 g/mol. The van der Waals surface area contributed by atoms with Gasteiger partial charge in [-0.3, -0.25) is 14.9 Å². The zero-order valence-corrected chi connectivity index (χ0v) is 17.5. The van der Waals surface area contributed by atoms with E-state index in [9.17, 15) is 9.59 Å². The minimum absolute atomic E-state index is 0.0742. The Balaban J connectivity index is 1.17. The Hall–Kier alpha value is -1.92. The van der Waals surface area contributed by atoms with Gasteiger partial charge in [-0.15, -0.1) is 0 Å². The van der Waals surface area contributed by atoms with E-state index >= 15 is 0 Å². The second-order valence-corrected chi connectivity index (χ2v) is 10.3. The first-order chi connectivity index (χ1) is 14.6. The maximum atomic E-state index is 13.2. The van der Waals surface area contributed by atoms with Gasteiger partial charge in [-0.25, -0.2) is 4.90 Å². The van der Waals surface area contributed by atoms with Crippen LogP contribution in [-0.2, 0) is 14.3 Å². The zero-order chi connectivity index (χ0) is 20.3. The Morgan fingerprint density at radius 1 is 0.867 bits per heavy atom. The van der Waals surface area contributed by atoms with Crippen molar-refractivity contribution in [2.24, 2.45) is 17.8 Å². The molecule has 2 amide bonds. The molecule has 4 saturated carbocycles. The zero-order valence-electron chi connectivity index (χ0n) is 17.5. The lowest BCUT2D eigenvalue weighted by atomic mass is 9.53. The quantitative estimate of drug-likeness (QED) is 0.775. The standard InChI is InChI=1S/C24H31N3O3/c28-22-12-21(25-24-13-16-9-17(14-24)11-18(10-16)15-24)23(29)27(22)20-3-1-19(2-4-20)26-5-7-30-8-6-26/h1-4,16-18,21,25H,5-15H2/t16?,17?,18?,21-,24?/m1/s1. The Labute approximate surface area is 177 Å². The van der Waals surface area contributed by atoms with Gasteiger partial charge in [0.05, 0.1) is 31.4 Å². The number of nitrogens with zero attached hydrogens (tertiary/aromatic N) is 2. The van der Waals surface area contributed by atoms with Gasteiger partial charge >= 0.3 is 0 Å². The molecule has 6 aliphatic rings. The lowest BCUT2D eigenvalue weighted by Crippen LogP contribution is -2.61. The summed E-state index contributed by atoms with van der Waals surface area (Å²) in [5.74, 6) is 2.30. The topological polar surface area (TPSA) is 61.9 Å². The van der Waals surface area contributed by atoms with Gasteiger partial charge in [-0.1, -0.05) is 0 Å². The number of imide groups is 1. The Bertz CT molecular complexity index is 810. The summed E-state index contributed by atoms with van der Waals surface area (Å²) >= 11 is 0. The average Bonchev–Trinajstić information content (AvgIpc) is 3.00. The molecule has 2 aliphatic heterocycles. The molecule has 4 aliphatic carbocycles. The predicted molar refractivity (Wildman–Crippen MR) is 114 cm³/mol. The van der Waals surface area contributed by atoms with Crippen molar-refractivity contribution in [3.63, 3.8) is 0 Å². The number of anilines is 2. The highest BCUT2D eigenvalue weighted by atomic mass is 16.5. The molecule has 6 heteroatoms. The van der Waals surface area contributed by atoms with Gasteiger partial charge < -0.3 is 9.64 Å². The summed E-state index contributed by atoms with van der Waals surface area (Å²) < 4.78 is 5.42. The van der Waals surface area contributed by atoms with Crippen molar-refractivity contribution < 1.29 is 14.3 Å². The first-order valence-corrected chi connectivity index (χ1v) is 11.7. The fourth-order valence-corrected chi connectivity index (χ4v) is 7.31. The molecule has 0 spiro atoms. The van der Waals surface area contributed by atoms with Crippen LogP contribution in [0.1, 0.15) is 44.9 Å². The number of carbonyl (C=O) groups excluding carboxylic acids is 2. The van der Waals surface area contributed by atoms with Crippen LogP contribution in [0.2, 0.25) is 0 Å². The minimum atomic E-state index is -0.368. The molecule has 2 heterocycles. The van der Waals surface area contributed by atoms with Crippen LogP contribution in [0.25, 0.3) is 0 Å². The van der Waals surface area contributed by atoms with Crippen molar-refractivity contribution in [1.82, 2.24) is 5.32 Å². The first kappa shape index (κ1) is 18.8. The number of carbonyl (C=O) groups is 2. The van der Waals surface area contributed by atoms with Crippen LogP contribution in [0.15, 0.2) is 24.3 Å². The summed E-state index contributed by atoms with van der Waals surface area (Å²) in [6, 6.07) is 7.48. The summed E-state index contributed by atoms with van der Waals surface area (Å²) in [5.41, 5.74) is 1.90. The highest BCUT2D eigenvalue weighted by molar-refractivity contribution is 6.22. The summed E-state index contributed by atoms with van der Waals surface area (Å²) in [5, 5.41) is 3.73. The van der Waals surface area contributed by atoms with Crippen LogP contribution >= 0.6 is 0 Å². The van der Waals surface area contributed by atoms with Crippen LogP contribution in [0.5, 0.6) is 0 Å². The van der Waals surface area contributed by atoms with E-state index in [0.29, 0.717) is 5.69 Å².